The predicted octanol–water partition coefficient (Wildman–Crippen LogP) is 3.30. The molecule has 106 valence electrons. The summed E-state index contributed by atoms with van der Waals surface area (Å²) in [7, 11) is 0. The summed E-state index contributed by atoms with van der Waals surface area (Å²) in [6.45, 7) is 4.93. The lowest BCUT2D eigenvalue weighted by atomic mass is 10.1. The van der Waals surface area contributed by atoms with E-state index in [0.717, 1.165) is 18.5 Å². The van der Waals surface area contributed by atoms with Crippen LogP contribution >= 0.6 is 0 Å². The standard InChI is InChI=1S/C17H21NO2/c1-12-4-3-5-14(10-12)8-9-18-13(2)16-7-6-15(19)11-17(16)20/h3-7,10-11,13,18-20H,8-9H2,1-2H3. The highest BCUT2D eigenvalue weighted by molar-refractivity contribution is 5.40. The lowest BCUT2D eigenvalue weighted by molar-refractivity contribution is 0.436. The van der Waals surface area contributed by atoms with Gasteiger partial charge in [0.15, 0.2) is 0 Å². The Hall–Kier alpha value is -2.00. The zero-order valence-electron chi connectivity index (χ0n) is 11.9. The molecular weight excluding hydrogens is 250 g/mol. The van der Waals surface area contributed by atoms with Crippen LogP contribution in [0.4, 0.5) is 0 Å². The Bertz CT molecular complexity index is 581. The second kappa shape index (κ2) is 6.44. The first-order valence-electron chi connectivity index (χ1n) is 6.87. The molecule has 1 atom stereocenters. The molecule has 2 aromatic rings. The van der Waals surface area contributed by atoms with Crippen molar-refractivity contribution in [2.24, 2.45) is 0 Å². The molecule has 1 unspecified atom stereocenters. The average molecular weight is 271 g/mol. The Morgan fingerprint density at radius 3 is 2.60 bits per heavy atom. The van der Waals surface area contributed by atoms with Gasteiger partial charge in [0.1, 0.15) is 11.5 Å². The van der Waals surface area contributed by atoms with Crippen LogP contribution in [0.3, 0.4) is 0 Å². The Morgan fingerprint density at radius 1 is 1.10 bits per heavy atom. The fraction of sp³-hybridized carbons (Fsp3) is 0.294. The van der Waals surface area contributed by atoms with E-state index in [-0.39, 0.29) is 17.5 Å². The number of aromatic hydroxyl groups is 2. The van der Waals surface area contributed by atoms with E-state index in [1.165, 1.54) is 17.2 Å². The number of benzene rings is 2. The molecule has 0 spiro atoms. The second-order valence-electron chi connectivity index (χ2n) is 5.16. The van der Waals surface area contributed by atoms with E-state index in [2.05, 4.69) is 36.5 Å². The summed E-state index contributed by atoms with van der Waals surface area (Å²) in [6, 6.07) is 13.2. The van der Waals surface area contributed by atoms with E-state index in [4.69, 9.17) is 0 Å². The van der Waals surface area contributed by atoms with Crippen LogP contribution in [0.15, 0.2) is 42.5 Å². The van der Waals surface area contributed by atoms with Crippen LogP contribution in [0, 0.1) is 6.92 Å². The summed E-state index contributed by atoms with van der Waals surface area (Å²) < 4.78 is 0. The quantitative estimate of drug-likeness (QED) is 0.782. The van der Waals surface area contributed by atoms with Gasteiger partial charge in [-0.3, -0.25) is 0 Å². The highest BCUT2D eigenvalue weighted by Crippen LogP contribution is 2.27. The zero-order chi connectivity index (χ0) is 14.5. The highest BCUT2D eigenvalue weighted by Gasteiger charge is 2.10. The van der Waals surface area contributed by atoms with E-state index in [9.17, 15) is 10.2 Å². The van der Waals surface area contributed by atoms with E-state index < -0.39 is 0 Å². The first kappa shape index (κ1) is 14.4. The van der Waals surface area contributed by atoms with Gasteiger partial charge in [0.25, 0.3) is 0 Å². The summed E-state index contributed by atoms with van der Waals surface area (Å²) in [5.74, 6) is 0.207. The molecule has 20 heavy (non-hydrogen) atoms. The van der Waals surface area contributed by atoms with Crippen molar-refractivity contribution < 1.29 is 10.2 Å². The molecule has 0 aliphatic heterocycles. The molecule has 0 heterocycles. The molecule has 0 aliphatic rings. The van der Waals surface area contributed by atoms with Crippen LogP contribution < -0.4 is 5.32 Å². The maximum atomic E-state index is 9.81. The summed E-state index contributed by atoms with van der Waals surface area (Å²) in [4.78, 5) is 0. The van der Waals surface area contributed by atoms with Gasteiger partial charge in [-0.05, 0) is 38.4 Å². The maximum Gasteiger partial charge on any atom is 0.124 e. The van der Waals surface area contributed by atoms with Crippen molar-refractivity contribution >= 4 is 0 Å². The lowest BCUT2D eigenvalue weighted by Crippen LogP contribution is -2.21. The first-order chi connectivity index (χ1) is 9.56. The molecule has 3 nitrogen and oxygen atoms in total. The van der Waals surface area contributed by atoms with Crippen molar-refractivity contribution in [3.05, 3.63) is 59.2 Å². The Morgan fingerprint density at radius 2 is 1.90 bits per heavy atom. The molecule has 3 N–H and O–H groups in total. The summed E-state index contributed by atoms with van der Waals surface area (Å²) in [5.41, 5.74) is 3.37. The fourth-order valence-electron chi connectivity index (χ4n) is 2.31. The van der Waals surface area contributed by atoms with Crippen LogP contribution in [0.2, 0.25) is 0 Å². The number of rotatable bonds is 5. The van der Waals surface area contributed by atoms with E-state index in [1.807, 2.05) is 6.92 Å². The molecule has 2 aromatic carbocycles. The molecule has 0 bridgehead atoms. The Balaban J connectivity index is 1.90. The summed E-state index contributed by atoms with van der Waals surface area (Å²) in [6.07, 6.45) is 0.949. The first-order valence-corrected chi connectivity index (χ1v) is 6.87. The van der Waals surface area contributed by atoms with Crippen LogP contribution in [0.1, 0.15) is 29.7 Å². The fourth-order valence-corrected chi connectivity index (χ4v) is 2.31. The molecule has 0 aromatic heterocycles. The van der Waals surface area contributed by atoms with Gasteiger partial charge in [-0.25, -0.2) is 0 Å². The van der Waals surface area contributed by atoms with Gasteiger partial charge in [-0.15, -0.1) is 0 Å². The van der Waals surface area contributed by atoms with Crippen LogP contribution in [0.5, 0.6) is 11.5 Å². The van der Waals surface area contributed by atoms with Crippen molar-refractivity contribution in [2.75, 3.05) is 6.54 Å². The molecule has 0 saturated heterocycles. The molecule has 0 aliphatic carbocycles. The topological polar surface area (TPSA) is 52.5 Å². The van der Waals surface area contributed by atoms with Crippen LogP contribution in [-0.4, -0.2) is 16.8 Å². The molecule has 0 amide bonds. The van der Waals surface area contributed by atoms with Gasteiger partial charge < -0.3 is 15.5 Å². The van der Waals surface area contributed by atoms with Crippen molar-refractivity contribution in [3.8, 4) is 11.5 Å². The molecule has 0 fully saturated rings. The summed E-state index contributed by atoms with van der Waals surface area (Å²) >= 11 is 0. The lowest BCUT2D eigenvalue weighted by Gasteiger charge is -2.16. The Kier molecular flexibility index (Phi) is 4.64. The highest BCUT2D eigenvalue weighted by atomic mass is 16.3. The molecule has 2 rings (SSSR count). The van der Waals surface area contributed by atoms with Gasteiger partial charge in [-0.2, -0.15) is 0 Å². The van der Waals surface area contributed by atoms with Gasteiger partial charge in [0.05, 0.1) is 0 Å². The number of aryl methyl sites for hydroxylation is 1. The summed E-state index contributed by atoms with van der Waals surface area (Å²) in [5, 5.41) is 22.5. The van der Waals surface area contributed by atoms with Gasteiger partial charge in [0, 0.05) is 17.7 Å². The minimum absolute atomic E-state index is 0.0420. The second-order valence-corrected chi connectivity index (χ2v) is 5.16. The number of phenolic OH excluding ortho intramolecular Hbond substituents is 2. The normalized spacial score (nSPS) is 12.3. The van der Waals surface area contributed by atoms with Gasteiger partial charge in [0.2, 0.25) is 0 Å². The maximum absolute atomic E-state index is 9.81. The van der Waals surface area contributed by atoms with Crippen LogP contribution in [-0.2, 0) is 6.42 Å². The molecule has 0 saturated carbocycles. The average Bonchev–Trinajstić information content (AvgIpc) is 2.38. The van der Waals surface area contributed by atoms with Crippen molar-refractivity contribution in [3.63, 3.8) is 0 Å². The largest absolute Gasteiger partial charge is 0.508 e. The third-order valence-electron chi connectivity index (χ3n) is 3.43. The van der Waals surface area contributed by atoms with E-state index in [1.54, 1.807) is 12.1 Å². The molecule has 3 heteroatoms. The molecule has 0 radical (unpaired) electrons. The third-order valence-corrected chi connectivity index (χ3v) is 3.43. The van der Waals surface area contributed by atoms with Crippen molar-refractivity contribution in [2.45, 2.75) is 26.3 Å². The van der Waals surface area contributed by atoms with Crippen molar-refractivity contribution in [1.82, 2.24) is 5.32 Å². The van der Waals surface area contributed by atoms with E-state index >= 15 is 0 Å². The van der Waals surface area contributed by atoms with Gasteiger partial charge in [-0.1, -0.05) is 35.9 Å². The van der Waals surface area contributed by atoms with E-state index in [0.29, 0.717) is 0 Å². The van der Waals surface area contributed by atoms with Crippen molar-refractivity contribution in [1.29, 1.82) is 0 Å². The van der Waals surface area contributed by atoms with Crippen LogP contribution in [0.25, 0.3) is 0 Å². The minimum Gasteiger partial charge on any atom is -0.508 e. The monoisotopic (exact) mass is 271 g/mol. The Labute approximate surface area is 119 Å². The predicted molar refractivity (Wildman–Crippen MR) is 81.1 cm³/mol. The number of hydrogen-bond donors (Lipinski definition) is 3. The minimum atomic E-state index is 0.0420. The van der Waals surface area contributed by atoms with Gasteiger partial charge >= 0.3 is 0 Å². The number of hydrogen-bond acceptors (Lipinski definition) is 3. The number of nitrogens with one attached hydrogen (secondary N) is 1. The molecular formula is C17H21NO2. The number of phenols is 2. The SMILES string of the molecule is Cc1cccc(CCNC(C)c2ccc(O)cc2O)c1. The zero-order valence-corrected chi connectivity index (χ0v) is 11.9. The smallest absolute Gasteiger partial charge is 0.124 e. The third kappa shape index (κ3) is 3.75.